The number of piperidine rings is 1. The Morgan fingerprint density at radius 1 is 1.06 bits per heavy atom. The molecule has 2 atom stereocenters. The molecule has 2 aliphatic heterocycles. The molecule has 1 N–H and O–H groups in total. The summed E-state index contributed by atoms with van der Waals surface area (Å²) in [4.78, 5) is 14.6. The molecule has 0 aromatic heterocycles. The Balaban J connectivity index is 1.87. The van der Waals surface area contributed by atoms with Gasteiger partial charge in [0.1, 0.15) is 0 Å². The monoisotopic (exact) mass is 238 g/mol. The number of amides is 1. The van der Waals surface area contributed by atoms with Gasteiger partial charge in [0.2, 0.25) is 5.91 Å². The quantitative estimate of drug-likeness (QED) is 0.758. The summed E-state index contributed by atoms with van der Waals surface area (Å²) in [5.74, 6) is 1.29. The zero-order valence-corrected chi connectivity index (χ0v) is 11.1. The third kappa shape index (κ3) is 3.70. The van der Waals surface area contributed by atoms with Crippen molar-refractivity contribution in [3.8, 4) is 0 Å². The van der Waals surface area contributed by atoms with Crippen molar-refractivity contribution in [1.82, 2.24) is 10.2 Å². The average molecular weight is 238 g/mol. The highest BCUT2D eigenvalue weighted by Gasteiger charge is 2.28. The molecule has 0 radical (unpaired) electrons. The van der Waals surface area contributed by atoms with Gasteiger partial charge in [-0.1, -0.05) is 26.2 Å². The first-order valence-corrected chi connectivity index (χ1v) is 7.27. The van der Waals surface area contributed by atoms with Crippen LogP contribution >= 0.6 is 0 Å². The van der Waals surface area contributed by atoms with Crippen LogP contribution in [0.4, 0.5) is 0 Å². The van der Waals surface area contributed by atoms with Crippen molar-refractivity contribution in [1.29, 1.82) is 0 Å². The first-order valence-electron chi connectivity index (χ1n) is 7.27. The molecule has 17 heavy (non-hydrogen) atoms. The summed E-state index contributed by atoms with van der Waals surface area (Å²) in [5.41, 5.74) is 0. The van der Waals surface area contributed by atoms with Gasteiger partial charge in [-0.15, -0.1) is 0 Å². The van der Waals surface area contributed by atoms with E-state index in [2.05, 4.69) is 17.1 Å². The fraction of sp³-hybridized carbons (Fsp3) is 0.929. The molecule has 0 bridgehead atoms. The number of rotatable bonds is 1. The molecule has 1 amide bonds. The van der Waals surface area contributed by atoms with Gasteiger partial charge < -0.3 is 10.2 Å². The van der Waals surface area contributed by atoms with E-state index < -0.39 is 0 Å². The average Bonchev–Trinajstić information content (AvgIpc) is 2.28. The molecule has 0 saturated carbocycles. The molecule has 2 saturated heterocycles. The number of hydrogen-bond acceptors (Lipinski definition) is 2. The van der Waals surface area contributed by atoms with Gasteiger partial charge in [0.15, 0.2) is 0 Å². The second kappa shape index (κ2) is 6.39. The highest BCUT2D eigenvalue weighted by atomic mass is 16.2. The highest BCUT2D eigenvalue weighted by Crippen LogP contribution is 2.20. The van der Waals surface area contributed by atoms with Crippen molar-refractivity contribution >= 4 is 5.91 Å². The van der Waals surface area contributed by atoms with E-state index in [1.165, 1.54) is 32.1 Å². The molecular weight excluding hydrogens is 212 g/mol. The first-order chi connectivity index (χ1) is 8.27. The molecule has 0 aromatic rings. The Morgan fingerprint density at radius 3 is 2.35 bits per heavy atom. The third-order valence-corrected chi connectivity index (χ3v) is 4.09. The van der Waals surface area contributed by atoms with E-state index in [0.717, 1.165) is 32.6 Å². The van der Waals surface area contributed by atoms with Crippen LogP contribution in [0.15, 0.2) is 0 Å². The van der Waals surface area contributed by atoms with Crippen molar-refractivity contribution in [3.05, 3.63) is 0 Å². The molecule has 0 aliphatic carbocycles. The lowest BCUT2D eigenvalue weighted by Gasteiger charge is -2.33. The van der Waals surface area contributed by atoms with Crippen LogP contribution in [0.5, 0.6) is 0 Å². The zero-order chi connectivity index (χ0) is 12.1. The van der Waals surface area contributed by atoms with E-state index in [9.17, 15) is 4.79 Å². The van der Waals surface area contributed by atoms with Crippen LogP contribution in [-0.4, -0.2) is 37.0 Å². The summed E-state index contributed by atoms with van der Waals surface area (Å²) in [5, 5.41) is 3.39. The Labute approximate surface area is 105 Å². The molecule has 98 valence electrons. The highest BCUT2D eigenvalue weighted by molar-refractivity contribution is 5.79. The molecule has 0 spiro atoms. The van der Waals surface area contributed by atoms with E-state index in [1.54, 1.807) is 0 Å². The van der Waals surface area contributed by atoms with E-state index in [1.807, 2.05) is 0 Å². The van der Waals surface area contributed by atoms with Crippen LogP contribution in [0, 0.1) is 11.8 Å². The second-order valence-electron chi connectivity index (χ2n) is 5.79. The minimum Gasteiger partial charge on any atom is -0.342 e. The fourth-order valence-electron chi connectivity index (χ4n) is 3.07. The summed E-state index contributed by atoms with van der Waals surface area (Å²) in [7, 11) is 0. The van der Waals surface area contributed by atoms with E-state index in [0.29, 0.717) is 11.8 Å². The maximum atomic E-state index is 12.4. The standard InChI is InChI=1S/C14H26N2O/c1-12-9-13(11-15-10-12)14(17)16-7-5-3-2-4-6-8-16/h12-13,15H,2-11H2,1H3. The molecule has 2 unspecified atom stereocenters. The van der Waals surface area contributed by atoms with Crippen molar-refractivity contribution in [2.24, 2.45) is 11.8 Å². The third-order valence-electron chi connectivity index (χ3n) is 4.09. The Kier molecular flexibility index (Phi) is 4.84. The maximum Gasteiger partial charge on any atom is 0.226 e. The summed E-state index contributed by atoms with van der Waals surface area (Å²) in [6.45, 7) is 6.18. The molecule has 2 aliphatic rings. The van der Waals surface area contributed by atoms with Gasteiger partial charge in [-0.05, 0) is 31.7 Å². The number of nitrogens with zero attached hydrogens (tertiary/aromatic N) is 1. The molecule has 0 aromatic carbocycles. The van der Waals surface area contributed by atoms with Crippen LogP contribution in [0.25, 0.3) is 0 Å². The minimum absolute atomic E-state index is 0.234. The number of likely N-dealkylation sites (tertiary alicyclic amines) is 1. The number of carbonyl (C=O) groups excluding carboxylic acids is 1. The zero-order valence-electron chi connectivity index (χ0n) is 11.1. The molecule has 2 rings (SSSR count). The SMILES string of the molecule is CC1CNCC(C(=O)N2CCCCCCC2)C1. The van der Waals surface area contributed by atoms with Crippen molar-refractivity contribution in [2.75, 3.05) is 26.2 Å². The predicted octanol–water partition coefficient (Wildman–Crippen LogP) is 2.02. The maximum absolute atomic E-state index is 12.4. The van der Waals surface area contributed by atoms with Gasteiger partial charge in [-0.25, -0.2) is 0 Å². The summed E-state index contributed by atoms with van der Waals surface area (Å²) in [6, 6.07) is 0. The summed E-state index contributed by atoms with van der Waals surface area (Å²) in [6.07, 6.45) is 7.40. The number of nitrogens with one attached hydrogen (secondary N) is 1. The van der Waals surface area contributed by atoms with Crippen LogP contribution in [0.1, 0.15) is 45.4 Å². The van der Waals surface area contributed by atoms with Gasteiger partial charge in [-0.3, -0.25) is 4.79 Å². The predicted molar refractivity (Wildman–Crippen MR) is 69.8 cm³/mol. The van der Waals surface area contributed by atoms with Crippen molar-refractivity contribution < 1.29 is 4.79 Å². The van der Waals surface area contributed by atoms with Crippen molar-refractivity contribution in [3.63, 3.8) is 0 Å². The van der Waals surface area contributed by atoms with Gasteiger partial charge in [0, 0.05) is 19.6 Å². The van der Waals surface area contributed by atoms with Gasteiger partial charge >= 0.3 is 0 Å². The molecule has 3 nitrogen and oxygen atoms in total. The molecule has 2 fully saturated rings. The van der Waals surface area contributed by atoms with Crippen LogP contribution in [0.3, 0.4) is 0 Å². The first kappa shape index (κ1) is 12.9. The summed E-state index contributed by atoms with van der Waals surface area (Å²) < 4.78 is 0. The van der Waals surface area contributed by atoms with Gasteiger partial charge in [0.05, 0.1) is 5.92 Å². The summed E-state index contributed by atoms with van der Waals surface area (Å²) >= 11 is 0. The van der Waals surface area contributed by atoms with E-state index >= 15 is 0 Å². The lowest BCUT2D eigenvalue weighted by molar-refractivity contribution is -0.136. The van der Waals surface area contributed by atoms with Crippen LogP contribution < -0.4 is 5.32 Å². The number of carbonyl (C=O) groups is 1. The Morgan fingerprint density at radius 2 is 1.71 bits per heavy atom. The fourth-order valence-corrected chi connectivity index (χ4v) is 3.07. The topological polar surface area (TPSA) is 32.3 Å². The molecule has 3 heteroatoms. The molecule has 2 heterocycles. The lowest BCUT2D eigenvalue weighted by Crippen LogP contribution is -2.46. The van der Waals surface area contributed by atoms with E-state index in [-0.39, 0.29) is 5.92 Å². The Hall–Kier alpha value is -0.570. The van der Waals surface area contributed by atoms with Crippen molar-refractivity contribution in [2.45, 2.75) is 45.4 Å². The number of hydrogen-bond donors (Lipinski definition) is 1. The van der Waals surface area contributed by atoms with Gasteiger partial charge in [0.25, 0.3) is 0 Å². The Bertz CT molecular complexity index is 247. The largest absolute Gasteiger partial charge is 0.342 e. The normalized spacial score (nSPS) is 31.7. The van der Waals surface area contributed by atoms with E-state index in [4.69, 9.17) is 0 Å². The molecular formula is C14H26N2O. The second-order valence-corrected chi connectivity index (χ2v) is 5.79. The van der Waals surface area contributed by atoms with Gasteiger partial charge in [-0.2, -0.15) is 0 Å². The van der Waals surface area contributed by atoms with Crippen LogP contribution in [0.2, 0.25) is 0 Å². The lowest BCUT2D eigenvalue weighted by atomic mass is 9.90. The smallest absolute Gasteiger partial charge is 0.226 e. The minimum atomic E-state index is 0.234. The van der Waals surface area contributed by atoms with Crippen LogP contribution in [-0.2, 0) is 4.79 Å².